The minimum Gasteiger partial charge on any atom is -0.497 e. The third-order valence-electron chi connectivity index (χ3n) is 3.64. The van der Waals surface area contributed by atoms with E-state index in [0.717, 1.165) is 10.2 Å². The average Bonchev–Trinajstić information content (AvgIpc) is 3.05. The van der Waals surface area contributed by atoms with E-state index >= 15 is 0 Å². The molecule has 0 saturated carbocycles. The molecule has 1 atom stereocenters. The van der Waals surface area contributed by atoms with Gasteiger partial charge in [-0.15, -0.1) is 0 Å². The van der Waals surface area contributed by atoms with Crippen LogP contribution in [-0.2, 0) is 4.79 Å². The number of aromatic nitrogens is 1. The number of amides is 1. The van der Waals surface area contributed by atoms with Crippen molar-refractivity contribution in [2.75, 3.05) is 19.0 Å². The summed E-state index contributed by atoms with van der Waals surface area (Å²) in [5, 5.41) is 3.32. The summed E-state index contributed by atoms with van der Waals surface area (Å²) in [6.07, 6.45) is -0.680. The van der Waals surface area contributed by atoms with Crippen molar-refractivity contribution in [2.45, 2.75) is 20.0 Å². The number of carbonyl (C=O) groups is 1. The molecule has 0 bridgehead atoms. The molecule has 0 aliphatic rings. The molecular weight excluding hydrogens is 352 g/mol. The topological polar surface area (TPSA) is 69.7 Å². The van der Waals surface area contributed by atoms with Gasteiger partial charge in [0.25, 0.3) is 5.91 Å². The number of thiazole rings is 1. The maximum absolute atomic E-state index is 12.4. The highest BCUT2D eigenvalue weighted by Crippen LogP contribution is 2.32. The summed E-state index contributed by atoms with van der Waals surface area (Å²) in [7, 11) is 1.58. The van der Waals surface area contributed by atoms with Crippen LogP contribution < -0.4 is 19.5 Å². The molecular formula is C19H20N2O4S. The third kappa shape index (κ3) is 4.05. The Kier molecular flexibility index (Phi) is 5.58. The zero-order chi connectivity index (χ0) is 18.5. The molecule has 0 aliphatic carbocycles. The lowest BCUT2D eigenvalue weighted by Gasteiger charge is -2.14. The molecule has 0 fully saturated rings. The molecule has 1 heterocycles. The number of nitrogens with zero attached hydrogens (tertiary/aromatic N) is 1. The summed E-state index contributed by atoms with van der Waals surface area (Å²) in [6.45, 7) is 4.17. The predicted octanol–water partition coefficient (Wildman–Crippen LogP) is 4.11. The van der Waals surface area contributed by atoms with E-state index in [0.29, 0.717) is 29.0 Å². The van der Waals surface area contributed by atoms with Gasteiger partial charge in [0.2, 0.25) is 0 Å². The van der Waals surface area contributed by atoms with Crippen LogP contribution >= 0.6 is 11.3 Å². The Morgan fingerprint density at radius 2 is 2.00 bits per heavy atom. The molecule has 1 unspecified atom stereocenters. The Hall–Kier alpha value is -2.80. The molecule has 26 heavy (non-hydrogen) atoms. The summed E-state index contributed by atoms with van der Waals surface area (Å²) in [5.74, 6) is 1.67. The number of methoxy groups -OCH3 is 1. The molecule has 0 aliphatic heterocycles. The molecule has 0 spiro atoms. The van der Waals surface area contributed by atoms with E-state index in [9.17, 15) is 4.79 Å². The summed E-state index contributed by atoms with van der Waals surface area (Å²) in [4.78, 5) is 16.9. The van der Waals surface area contributed by atoms with Crippen LogP contribution in [0.5, 0.6) is 17.2 Å². The lowest BCUT2D eigenvalue weighted by atomic mass is 10.3. The van der Waals surface area contributed by atoms with Crippen molar-refractivity contribution < 1.29 is 19.0 Å². The van der Waals surface area contributed by atoms with Crippen LogP contribution in [0.3, 0.4) is 0 Å². The van der Waals surface area contributed by atoms with Crippen LogP contribution in [0.2, 0.25) is 0 Å². The molecule has 0 saturated heterocycles. The maximum atomic E-state index is 12.4. The van der Waals surface area contributed by atoms with Crippen LogP contribution in [0, 0.1) is 0 Å². The molecule has 2 aromatic carbocycles. The normalized spacial score (nSPS) is 11.8. The summed E-state index contributed by atoms with van der Waals surface area (Å²) in [6, 6.07) is 12.9. The van der Waals surface area contributed by atoms with E-state index in [4.69, 9.17) is 14.2 Å². The van der Waals surface area contributed by atoms with Gasteiger partial charge in [-0.05, 0) is 38.1 Å². The van der Waals surface area contributed by atoms with Crippen LogP contribution in [0.15, 0.2) is 42.5 Å². The van der Waals surface area contributed by atoms with Crippen LogP contribution in [0.4, 0.5) is 5.13 Å². The number of hydrogen-bond acceptors (Lipinski definition) is 6. The summed E-state index contributed by atoms with van der Waals surface area (Å²) < 4.78 is 17.4. The van der Waals surface area contributed by atoms with Gasteiger partial charge in [-0.1, -0.05) is 23.5 Å². The number of anilines is 1. The van der Waals surface area contributed by atoms with Gasteiger partial charge in [0.15, 0.2) is 11.2 Å². The first kappa shape index (κ1) is 18.0. The van der Waals surface area contributed by atoms with Crippen LogP contribution in [0.1, 0.15) is 13.8 Å². The highest BCUT2D eigenvalue weighted by atomic mass is 32.1. The summed E-state index contributed by atoms with van der Waals surface area (Å²) in [5.41, 5.74) is 0.746. The number of hydrogen-bond donors (Lipinski definition) is 1. The Labute approximate surface area is 155 Å². The smallest absolute Gasteiger partial charge is 0.266 e. The second-order valence-corrected chi connectivity index (χ2v) is 6.51. The molecule has 6 nitrogen and oxygen atoms in total. The largest absolute Gasteiger partial charge is 0.497 e. The van der Waals surface area contributed by atoms with Crippen molar-refractivity contribution in [1.82, 2.24) is 4.98 Å². The lowest BCUT2D eigenvalue weighted by Crippen LogP contribution is -2.30. The van der Waals surface area contributed by atoms with Gasteiger partial charge in [0.1, 0.15) is 22.8 Å². The van der Waals surface area contributed by atoms with Gasteiger partial charge in [-0.2, -0.15) is 0 Å². The van der Waals surface area contributed by atoms with Crippen LogP contribution in [0.25, 0.3) is 10.2 Å². The van der Waals surface area contributed by atoms with Gasteiger partial charge in [0.05, 0.1) is 18.4 Å². The molecule has 1 amide bonds. The van der Waals surface area contributed by atoms with Gasteiger partial charge < -0.3 is 14.2 Å². The molecule has 7 heteroatoms. The fraction of sp³-hybridized carbons (Fsp3) is 0.263. The monoisotopic (exact) mass is 372 g/mol. The minimum absolute atomic E-state index is 0.273. The average molecular weight is 372 g/mol. The molecule has 3 aromatic rings. The van der Waals surface area contributed by atoms with Crippen molar-refractivity contribution in [1.29, 1.82) is 0 Å². The Balaban J connectivity index is 1.70. The highest BCUT2D eigenvalue weighted by molar-refractivity contribution is 7.22. The van der Waals surface area contributed by atoms with Crippen molar-refractivity contribution in [3.63, 3.8) is 0 Å². The van der Waals surface area contributed by atoms with Crippen molar-refractivity contribution in [2.24, 2.45) is 0 Å². The minimum atomic E-state index is -0.680. The van der Waals surface area contributed by atoms with E-state index in [1.165, 1.54) is 11.3 Å². The maximum Gasteiger partial charge on any atom is 0.266 e. The number of benzene rings is 2. The quantitative estimate of drug-likeness (QED) is 0.676. The lowest BCUT2D eigenvalue weighted by molar-refractivity contribution is -0.122. The number of fused-ring (bicyclic) bond motifs is 1. The molecule has 1 N–H and O–H groups in total. The molecule has 0 radical (unpaired) electrons. The molecule has 3 rings (SSSR count). The fourth-order valence-electron chi connectivity index (χ4n) is 2.39. The summed E-state index contributed by atoms with van der Waals surface area (Å²) >= 11 is 1.40. The number of nitrogens with one attached hydrogen (secondary N) is 1. The van der Waals surface area contributed by atoms with Gasteiger partial charge in [-0.3, -0.25) is 10.1 Å². The Bertz CT molecular complexity index is 909. The Morgan fingerprint density at radius 3 is 2.77 bits per heavy atom. The van der Waals surface area contributed by atoms with E-state index in [-0.39, 0.29) is 5.91 Å². The van der Waals surface area contributed by atoms with E-state index in [1.54, 1.807) is 26.2 Å². The number of ether oxygens (including phenoxy) is 3. The van der Waals surface area contributed by atoms with Crippen molar-refractivity contribution in [3.8, 4) is 17.2 Å². The fourth-order valence-corrected chi connectivity index (χ4v) is 3.27. The zero-order valence-electron chi connectivity index (χ0n) is 14.8. The Morgan fingerprint density at radius 1 is 1.23 bits per heavy atom. The number of para-hydroxylation sites is 1. The van der Waals surface area contributed by atoms with Gasteiger partial charge in [-0.25, -0.2) is 4.98 Å². The van der Waals surface area contributed by atoms with Crippen molar-refractivity contribution >= 4 is 32.6 Å². The third-order valence-corrected chi connectivity index (χ3v) is 4.57. The molecule has 136 valence electrons. The standard InChI is InChI=1S/C19H20N2O4S/c1-4-24-15-9-6-10-16-17(15)20-19(26-16)21-18(22)12(2)25-14-8-5-7-13(11-14)23-3/h5-12H,4H2,1-3H3,(H,20,21,22). The van der Waals surface area contributed by atoms with Crippen LogP contribution in [-0.4, -0.2) is 30.7 Å². The molecule has 1 aromatic heterocycles. The van der Waals surface area contributed by atoms with Crippen molar-refractivity contribution in [3.05, 3.63) is 42.5 Å². The first-order valence-corrected chi connectivity index (χ1v) is 9.06. The first-order chi connectivity index (χ1) is 12.6. The van der Waals surface area contributed by atoms with E-state index in [1.807, 2.05) is 37.3 Å². The zero-order valence-corrected chi connectivity index (χ0v) is 15.6. The predicted molar refractivity (Wildman–Crippen MR) is 103 cm³/mol. The second kappa shape index (κ2) is 8.05. The first-order valence-electron chi connectivity index (χ1n) is 8.24. The number of carbonyl (C=O) groups excluding carboxylic acids is 1. The second-order valence-electron chi connectivity index (χ2n) is 5.48. The number of rotatable bonds is 7. The van der Waals surface area contributed by atoms with E-state index < -0.39 is 6.10 Å². The van der Waals surface area contributed by atoms with E-state index in [2.05, 4.69) is 10.3 Å². The SMILES string of the molecule is CCOc1cccc2sc(NC(=O)C(C)Oc3cccc(OC)c3)nc12. The highest BCUT2D eigenvalue weighted by Gasteiger charge is 2.18. The van der Waals surface area contributed by atoms with Gasteiger partial charge in [0, 0.05) is 6.07 Å². The van der Waals surface area contributed by atoms with Gasteiger partial charge >= 0.3 is 0 Å².